The number of hydrogen-bond acceptors (Lipinski definition) is 6. The predicted octanol–water partition coefficient (Wildman–Crippen LogP) is 6.53. The minimum absolute atomic E-state index is 0.137. The van der Waals surface area contributed by atoms with Gasteiger partial charge in [-0.2, -0.15) is 0 Å². The van der Waals surface area contributed by atoms with E-state index in [0.29, 0.717) is 35.1 Å². The minimum Gasteiger partial charge on any atom is -0.466 e. The van der Waals surface area contributed by atoms with Crippen LogP contribution in [0, 0.1) is 17.8 Å². The van der Waals surface area contributed by atoms with Crippen molar-refractivity contribution >= 4 is 11.8 Å². The Morgan fingerprint density at radius 1 is 1.28 bits per heavy atom. The highest BCUT2D eigenvalue weighted by molar-refractivity contribution is 5.96. The van der Waals surface area contributed by atoms with Crippen LogP contribution in [0.3, 0.4) is 0 Å². The SMILES string of the molecule is C=C(O/C(C)=C\C(CC)C(C)CC)C(C)(C)c1cc(NC(=O)C(C)(C)N(C)CC2CCOCC2)on1. The molecule has 2 atom stereocenters. The van der Waals surface area contributed by atoms with Crippen LogP contribution in [0.15, 0.2) is 34.8 Å². The van der Waals surface area contributed by atoms with Crippen molar-refractivity contribution in [2.45, 2.75) is 92.0 Å². The average Bonchev–Trinajstić information content (AvgIpc) is 3.31. The summed E-state index contributed by atoms with van der Waals surface area (Å²) in [4.78, 5) is 15.3. The fourth-order valence-corrected chi connectivity index (χ4v) is 4.40. The second-order valence-corrected chi connectivity index (χ2v) is 11.4. The molecule has 1 saturated heterocycles. The Balaban J connectivity index is 2.03. The van der Waals surface area contributed by atoms with Crippen LogP contribution in [-0.4, -0.2) is 48.3 Å². The van der Waals surface area contributed by atoms with E-state index in [4.69, 9.17) is 14.0 Å². The number of nitrogens with one attached hydrogen (secondary N) is 1. The van der Waals surface area contributed by atoms with Gasteiger partial charge in [-0.25, -0.2) is 0 Å². The quantitative estimate of drug-likeness (QED) is 0.308. The second kappa shape index (κ2) is 12.9. The van der Waals surface area contributed by atoms with Gasteiger partial charge < -0.3 is 14.0 Å². The molecule has 0 aromatic carbocycles. The fraction of sp³-hybridized carbons (Fsp3) is 0.724. The van der Waals surface area contributed by atoms with Gasteiger partial charge >= 0.3 is 0 Å². The van der Waals surface area contributed by atoms with Crippen LogP contribution in [0.4, 0.5) is 5.88 Å². The third-order valence-corrected chi connectivity index (χ3v) is 8.05. The molecule has 1 aromatic heterocycles. The number of amides is 1. The number of carbonyl (C=O) groups is 1. The minimum atomic E-state index is -0.708. The fourth-order valence-electron chi connectivity index (χ4n) is 4.40. The van der Waals surface area contributed by atoms with E-state index < -0.39 is 11.0 Å². The molecule has 7 nitrogen and oxygen atoms in total. The Bertz CT molecular complexity index is 896. The Kier molecular flexibility index (Phi) is 10.8. The lowest BCUT2D eigenvalue weighted by Gasteiger charge is -2.37. The number of allylic oxidation sites excluding steroid dienone is 3. The Labute approximate surface area is 218 Å². The molecular formula is C29H49N3O4. The summed E-state index contributed by atoms with van der Waals surface area (Å²) in [5.41, 5.74) is -0.659. The van der Waals surface area contributed by atoms with Gasteiger partial charge in [0.05, 0.1) is 22.4 Å². The maximum absolute atomic E-state index is 13.2. The zero-order valence-electron chi connectivity index (χ0n) is 24.1. The molecule has 2 rings (SSSR count). The Morgan fingerprint density at radius 2 is 1.92 bits per heavy atom. The van der Waals surface area contributed by atoms with E-state index in [2.05, 4.69) is 48.8 Å². The number of nitrogens with zero attached hydrogens (tertiary/aromatic N) is 2. The maximum Gasteiger partial charge on any atom is 0.246 e. The van der Waals surface area contributed by atoms with Crippen LogP contribution in [0.5, 0.6) is 0 Å². The van der Waals surface area contributed by atoms with E-state index in [1.54, 1.807) is 6.07 Å². The lowest BCUT2D eigenvalue weighted by Crippen LogP contribution is -2.52. The molecule has 1 aliphatic heterocycles. The van der Waals surface area contributed by atoms with Gasteiger partial charge in [-0.05, 0) is 84.8 Å². The van der Waals surface area contributed by atoms with Gasteiger partial charge in [0.2, 0.25) is 11.8 Å². The number of rotatable bonds is 13. The van der Waals surface area contributed by atoms with E-state index in [1.165, 1.54) is 0 Å². The third-order valence-electron chi connectivity index (χ3n) is 8.05. The van der Waals surface area contributed by atoms with Crippen molar-refractivity contribution in [3.8, 4) is 0 Å². The molecule has 1 amide bonds. The summed E-state index contributed by atoms with van der Waals surface area (Å²) in [6, 6.07) is 1.76. The van der Waals surface area contributed by atoms with Crippen LogP contribution in [0.2, 0.25) is 0 Å². The largest absolute Gasteiger partial charge is 0.466 e. The van der Waals surface area contributed by atoms with Gasteiger partial charge in [0.15, 0.2) is 0 Å². The molecule has 0 radical (unpaired) electrons. The average molecular weight is 504 g/mol. The summed E-state index contributed by atoms with van der Waals surface area (Å²) < 4.78 is 17.1. The first-order chi connectivity index (χ1) is 16.8. The predicted molar refractivity (Wildman–Crippen MR) is 146 cm³/mol. The van der Waals surface area contributed by atoms with Gasteiger partial charge in [-0.3, -0.25) is 15.0 Å². The lowest BCUT2D eigenvalue weighted by atomic mass is 9.87. The van der Waals surface area contributed by atoms with Crippen molar-refractivity contribution in [2.75, 3.05) is 32.1 Å². The number of anilines is 1. The summed E-state index contributed by atoms with van der Waals surface area (Å²) in [5.74, 6) is 3.20. The van der Waals surface area contributed by atoms with Crippen molar-refractivity contribution in [1.29, 1.82) is 0 Å². The summed E-state index contributed by atoms with van der Waals surface area (Å²) in [6.45, 7) is 23.1. The topological polar surface area (TPSA) is 76.8 Å². The molecule has 1 aromatic rings. The Morgan fingerprint density at radius 3 is 2.50 bits per heavy atom. The van der Waals surface area contributed by atoms with Crippen LogP contribution < -0.4 is 5.32 Å². The number of ether oxygens (including phenoxy) is 2. The molecule has 204 valence electrons. The number of hydrogen-bond donors (Lipinski definition) is 1. The number of carbonyl (C=O) groups excluding carboxylic acids is 1. The molecule has 2 unspecified atom stereocenters. The van der Waals surface area contributed by atoms with E-state index in [1.807, 2.05) is 41.7 Å². The van der Waals surface area contributed by atoms with E-state index >= 15 is 0 Å². The van der Waals surface area contributed by atoms with Gasteiger partial charge in [-0.1, -0.05) is 38.9 Å². The van der Waals surface area contributed by atoms with Gasteiger partial charge in [0.25, 0.3) is 0 Å². The zero-order valence-corrected chi connectivity index (χ0v) is 24.1. The van der Waals surface area contributed by atoms with Crippen molar-refractivity contribution in [1.82, 2.24) is 10.1 Å². The van der Waals surface area contributed by atoms with Crippen molar-refractivity contribution in [3.05, 3.63) is 35.9 Å². The normalized spacial score (nSPS) is 17.7. The highest BCUT2D eigenvalue weighted by Crippen LogP contribution is 2.34. The first-order valence-electron chi connectivity index (χ1n) is 13.5. The molecule has 0 spiro atoms. The highest BCUT2D eigenvalue weighted by Gasteiger charge is 2.36. The molecule has 2 heterocycles. The van der Waals surface area contributed by atoms with E-state index in [0.717, 1.165) is 51.2 Å². The molecule has 36 heavy (non-hydrogen) atoms. The first kappa shape index (κ1) is 30.1. The number of likely N-dealkylation sites (N-methyl/N-ethyl adjacent to an activating group) is 1. The third kappa shape index (κ3) is 7.69. The second-order valence-electron chi connectivity index (χ2n) is 11.4. The summed E-state index contributed by atoms with van der Waals surface area (Å²) in [7, 11) is 1.99. The summed E-state index contributed by atoms with van der Waals surface area (Å²) >= 11 is 0. The molecule has 7 heteroatoms. The molecule has 0 aliphatic carbocycles. The van der Waals surface area contributed by atoms with Crippen LogP contribution >= 0.6 is 0 Å². The molecule has 1 aliphatic rings. The van der Waals surface area contributed by atoms with E-state index in [-0.39, 0.29) is 5.91 Å². The van der Waals surface area contributed by atoms with E-state index in [9.17, 15) is 4.79 Å². The van der Waals surface area contributed by atoms with Crippen molar-refractivity contribution < 1.29 is 18.8 Å². The standard InChI is InChI=1S/C29H49N3O4/c1-11-20(3)24(12-2)17-21(4)35-22(5)28(6,7)25-18-26(36-31-25)30-27(33)29(8,9)32(10)19-23-13-15-34-16-14-23/h17-18,20,23-24H,5,11-16,19H2,1-4,6-10H3,(H,30,33)/b21-17-. The molecule has 1 fully saturated rings. The van der Waals surface area contributed by atoms with Gasteiger partial charge in [-0.15, -0.1) is 0 Å². The van der Waals surface area contributed by atoms with Crippen LogP contribution in [-0.2, 0) is 19.7 Å². The monoisotopic (exact) mass is 503 g/mol. The summed E-state index contributed by atoms with van der Waals surface area (Å²) in [5, 5.41) is 7.14. The first-order valence-corrected chi connectivity index (χ1v) is 13.5. The molecular weight excluding hydrogens is 454 g/mol. The van der Waals surface area contributed by atoms with Crippen molar-refractivity contribution in [3.63, 3.8) is 0 Å². The van der Waals surface area contributed by atoms with Gasteiger partial charge in [0, 0.05) is 25.8 Å². The zero-order chi connectivity index (χ0) is 27.1. The van der Waals surface area contributed by atoms with Crippen LogP contribution in [0.25, 0.3) is 0 Å². The highest BCUT2D eigenvalue weighted by atomic mass is 16.5. The maximum atomic E-state index is 13.2. The molecule has 1 N–H and O–H groups in total. The van der Waals surface area contributed by atoms with Gasteiger partial charge in [0.1, 0.15) is 5.76 Å². The Hall–Kier alpha value is -2.12. The molecule has 0 saturated carbocycles. The summed E-state index contributed by atoms with van der Waals surface area (Å²) in [6.07, 6.45) is 6.45. The van der Waals surface area contributed by atoms with Crippen LogP contribution in [0.1, 0.15) is 86.8 Å². The lowest BCUT2D eigenvalue weighted by molar-refractivity contribution is -0.126. The number of aromatic nitrogens is 1. The molecule has 0 bridgehead atoms. The smallest absolute Gasteiger partial charge is 0.246 e. The van der Waals surface area contributed by atoms with Crippen molar-refractivity contribution in [2.24, 2.45) is 17.8 Å².